The summed E-state index contributed by atoms with van der Waals surface area (Å²) in [5.41, 5.74) is 0.508. The van der Waals surface area contributed by atoms with E-state index in [-0.39, 0.29) is 10.8 Å². The quantitative estimate of drug-likeness (QED) is 0.846. The van der Waals surface area contributed by atoms with Crippen LogP contribution in [-0.2, 0) is 14.8 Å². The summed E-state index contributed by atoms with van der Waals surface area (Å²) in [6.07, 6.45) is 1.46. The van der Waals surface area contributed by atoms with Gasteiger partial charge in [0.2, 0.25) is 15.9 Å². The lowest BCUT2D eigenvalue weighted by atomic mass is 10.0. The molecule has 2 N–H and O–H groups in total. The van der Waals surface area contributed by atoms with Gasteiger partial charge in [0.05, 0.1) is 4.90 Å². The van der Waals surface area contributed by atoms with E-state index in [0.29, 0.717) is 18.0 Å². The lowest BCUT2D eigenvalue weighted by Crippen LogP contribution is -2.22. The zero-order valence-corrected chi connectivity index (χ0v) is 13.1. The summed E-state index contributed by atoms with van der Waals surface area (Å²) >= 11 is 0. The number of hydrogen-bond donors (Lipinski definition) is 2. The molecule has 1 fully saturated rings. The molecule has 0 bridgehead atoms. The van der Waals surface area contributed by atoms with E-state index in [9.17, 15) is 13.2 Å². The first-order valence-electron chi connectivity index (χ1n) is 6.93. The maximum absolute atomic E-state index is 12.1. The molecule has 1 saturated heterocycles. The van der Waals surface area contributed by atoms with E-state index in [1.165, 1.54) is 26.2 Å². The molecule has 116 valence electrons. The van der Waals surface area contributed by atoms with Crippen LogP contribution in [0.4, 0.5) is 5.69 Å². The molecule has 7 heteroatoms. The molecule has 0 aromatic heterocycles. The maximum atomic E-state index is 12.1. The molecule has 21 heavy (non-hydrogen) atoms. The highest BCUT2D eigenvalue weighted by Crippen LogP contribution is 2.19. The van der Waals surface area contributed by atoms with Crippen LogP contribution in [0, 0.1) is 5.92 Å². The molecule has 1 aliphatic heterocycles. The average Bonchev–Trinajstić information content (AvgIpc) is 2.91. The van der Waals surface area contributed by atoms with Crippen LogP contribution in [0.15, 0.2) is 29.2 Å². The number of carbonyl (C=O) groups is 1. The fourth-order valence-corrected chi connectivity index (χ4v) is 3.26. The average molecular weight is 311 g/mol. The fourth-order valence-electron chi connectivity index (χ4n) is 2.31. The topological polar surface area (TPSA) is 78.5 Å². The SMILES string of the molecule is CN(C)S(=O)(=O)c1cccc(NC(=O)CC2CCNC2)c1. The van der Waals surface area contributed by atoms with Crippen LogP contribution in [0.1, 0.15) is 12.8 Å². The summed E-state index contributed by atoms with van der Waals surface area (Å²) in [7, 11) is -0.526. The number of sulfonamides is 1. The second-order valence-electron chi connectivity index (χ2n) is 5.43. The lowest BCUT2D eigenvalue weighted by molar-refractivity contribution is -0.116. The number of benzene rings is 1. The van der Waals surface area contributed by atoms with Crippen molar-refractivity contribution in [1.29, 1.82) is 0 Å². The number of nitrogens with one attached hydrogen (secondary N) is 2. The molecule has 1 aliphatic rings. The Kier molecular flexibility index (Phi) is 4.97. The Bertz CT molecular complexity index is 608. The highest BCUT2D eigenvalue weighted by Gasteiger charge is 2.20. The van der Waals surface area contributed by atoms with Crippen LogP contribution in [0.2, 0.25) is 0 Å². The molecule has 1 heterocycles. The minimum Gasteiger partial charge on any atom is -0.326 e. The number of hydrogen-bond acceptors (Lipinski definition) is 4. The zero-order chi connectivity index (χ0) is 15.5. The lowest BCUT2D eigenvalue weighted by Gasteiger charge is -2.13. The van der Waals surface area contributed by atoms with Crippen molar-refractivity contribution in [2.45, 2.75) is 17.7 Å². The van der Waals surface area contributed by atoms with Gasteiger partial charge >= 0.3 is 0 Å². The summed E-state index contributed by atoms with van der Waals surface area (Å²) in [5, 5.41) is 5.99. The molecule has 0 aliphatic carbocycles. The van der Waals surface area contributed by atoms with Crippen molar-refractivity contribution < 1.29 is 13.2 Å². The molecule has 0 spiro atoms. The van der Waals surface area contributed by atoms with E-state index in [1.54, 1.807) is 12.1 Å². The molecule has 1 amide bonds. The van der Waals surface area contributed by atoms with Crippen LogP contribution >= 0.6 is 0 Å². The summed E-state index contributed by atoms with van der Waals surface area (Å²) in [6, 6.07) is 6.33. The van der Waals surface area contributed by atoms with Crippen molar-refractivity contribution in [2.24, 2.45) is 5.92 Å². The first-order chi connectivity index (χ1) is 9.89. The van der Waals surface area contributed by atoms with Gasteiger partial charge in [0, 0.05) is 26.2 Å². The summed E-state index contributed by atoms with van der Waals surface area (Å²) < 4.78 is 25.3. The number of amides is 1. The Morgan fingerprint density at radius 3 is 2.81 bits per heavy atom. The van der Waals surface area contributed by atoms with Crippen LogP contribution in [0.5, 0.6) is 0 Å². The van der Waals surface area contributed by atoms with Gasteiger partial charge in [-0.3, -0.25) is 4.79 Å². The minimum absolute atomic E-state index is 0.0805. The predicted molar refractivity (Wildman–Crippen MR) is 81.5 cm³/mol. The Balaban J connectivity index is 2.05. The van der Waals surface area contributed by atoms with Crippen molar-refractivity contribution in [3.63, 3.8) is 0 Å². The molecule has 6 nitrogen and oxygen atoms in total. The van der Waals surface area contributed by atoms with Gasteiger partial charge in [-0.25, -0.2) is 12.7 Å². The molecule has 2 rings (SSSR count). The highest BCUT2D eigenvalue weighted by molar-refractivity contribution is 7.89. The Morgan fingerprint density at radius 2 is 2.19 bits per heavy atom. The van der Waals surface area contributed by atoms with Gasteiger partial charge in [0.1, 0.15) is 0 Å². The van der Waals surface area contributed by atoms with Gasteiger partial charge in [-0.15, -0.1) is 0 Å². The minimum atomic E-state index is -3.49. The first-order valence-corrected chi connectivity index (χ1v) is 8.37. The monoisotopic (exact) mass is 311 g/mol. The molecule has 1 unspecified atom stereocenters. The maximum Gasteiger partial charge on any atom is 0.242 e. The van der Waals surface area contributed by atoms with Crippen LogP contribution < -0.4 is 10.6 Å². The van der Waals surface area contributed by atoms with E-state index in [4.69, 9.17) is 0 Å². The third-order valence-corrected chi connectivity index (χ3v) is 5.34. The van der Waals surface area contributed by atoms with Gasteiger partial charge in [-0.1, -0.05) is 6.07 Å². The van der Waals surface area contributed by atoms with Crippen molar-refractivity contribution in [1.82, 2.24) is 9.62 Å². The molecule has 1 aromatic rings. The molecule has 1 aromatic carbocycles. The van der Waals surface area contributed by atoms with Gasteiger partial charge in [0.15, 0.2) is 0 Å². The van der Waals surface area contributed by atoms with Gasteiger partial charge < -0.3 is 10.6 Å². The van der Waals surface area contributed by atoms with Crippen LogP contribution in [-0.4, -0.2) is 45.8 Å². The second-order valence-corrected chi connectivity index (χ2v) is 7.58. The van der Waals surface area contributed by atoms with Crippen molar-refractivity contribution in [2.75, 3.05) is 32.5 Å². The Hall–Kier alpha value is -1.44. The summed E-state index contributed by atoms with van der Waals surface area (Å²) in [6.45, 7) is 1.82. The first kappa shape index (κ1) is 15.9. The van der Waals surface area contributed by atoms with E-state index < -0.39 is 10.0 Å². The van der Waals surface area contributed by atoms with Crippen molar-refractivity contribution >= 4 is 21.6 Å². The Labute approximate surface area is 125 Å². The van der Waals surface area contributed by atoms with Gasteiger partial charge in [-0.2, -0.15) is 0 Å². The summed E-state index contributed by atoms with van der Waals surface area (Å²) in [5.74, 6) is 0.279. The molecule has 0 saturated carbocycles. The molecular weight excluding hydrogens is 290 g/mol. The largest absolute Gasteiger partial charge is 0.326 e. The van der Waals surface area contributed by atoms with Gasteiger partial charge in [0.25, 0.3) is 0 Å². The van der Waals surface area contributed by atoms with Crippen molar-refractivity contribution in [3.05, 3.63) is 24.3 Å². The van der Waals surface area contributed by atoms with Crippen LogP contribution in [0.25, 0.3) is 0 Å². The third-order valence-electron chi connectivity index (χ3n) is 3.53. The number of anilines is 1. The summed E-state index contributed by atoms with van der Waals surface area (Å²) in [4.78, 5) is 12.1. The molecule has 0 radical (unpaired) electrons. The van der Waals surface area contributed by atoms with E-state index in [2.05, 4.69) is 10.6 Å². The zero-order valence-electron chi connectivity index (χ0n) is 12.3. The Morgan fingerprint density at radius 1 is 1.43 bits per heavy atom. The third kappa shape index (κ3) is 4.03. The van der Waals surface area contributed by atoms with E-state index in [1.807, 2.05) is 0 Å². The normalized spacial score (nSPS) is 18.9. The van der Waals surface area contributed by atoms with E-state index in [0.717, 1.165) is 23.8 Å². The second kappa shape index (κ2) is 6.55. The fraction of sp³-hybridized carbons (Fsp3) is 0.500. The predicted octanol–water partition coefficient (Wildman–Crippen LogP) is 0.875. The number of nitrogens with zero attached hydrogens (tertiary/aromatic N) is 1. The smallest absolute Gasteiger partial charge is 0.242 e. The van der Waals surface area contributed by atoms with Crippen LogP contribution in [0.3, 0.4) is 0 Å². The van der Waals surface area contributed by atoms with Gasteiger partial charge in [-0.05, 0) is 43.6 Å². The number of carbonyl (C=O) groups excluding carboxylic acids is 1. The van der Waals surface area contributed by atoms with Crippen molar-refractivity contribution in [3.8, 4) is 0 Å². The molecular formula is C14H21N3O3S. The number of rotatable bonds is 5. The molecule has 1 atom stereocenters. The standard InChI is InChI=1S/C14H21N3O3S/c1-17(2)21(19,20)13-5-3-4-12(9-13)16-14(18)8-11-6-7-15-10-11/h3-5,9,11,15H,6-8,10H2,1-2H3,(H,16,18). The van der Waals surface area contributed by atoms with E-state index >= 15 is 0 Å². The highest BCUT2D eigenvalue weighted by atomic mass is 32.2.